The Balaban J connectivity index is 2.24. The number of aliphatic carboxylic acids is 1. The third-order valence-corrected chi connectivity index (χ3v) is 6.62. The number of nitrogens with zero attached hydrogens (tertiary/aromatic N) is 5. The van der Waals surface area contributed by atoms with Gasteiger partial charge in [0.1, 0.15) is 11.9 Å². The zero-order valence-corrected chi connectivity index (χ0v) is 19.3. The molecule has 0 amide bonds. The Labute approximate surface area is 177 Å². The van der Waals surface area contributed by atoms with Crippen molar-refractivity contribution in [2.75, 3.05) is 6.61 Å². The Morgan fingerprint density at radius 2 is 2.10 bits per heavy atom. The normalized spacial score (nSPS) is 14.0. The molecule has 0 aliphatic rings. The van der Waals surface area contributed by atoms with Crippen LogP contribution in [0.15, 0.2) is 18.2 Å². The van der Waals surface area contributed by atoms with Gasteiger partial charge in [-0.3, -0.25) is 4.79 Å². The average molecular weight is 440 g/mol. The predicted molar refractivity (Wildman–Crippen MR) is 114 cm³/mol. The van der Waals surface area contributed by atoms with Gasteiger partial charge in [-0.15, -0.1) is 5.10 Å². The van der Waals surface area contributed by atoms with E-state index in [0.717, 1.165) is 12.5 Å². The first-order valence-electron chi connectivity index (χ1n) is 9.89. The quantitative estimate of drug-likeness (QED) is 0.304. The lowest BCUT2D eigenvalue weighted by Crippen LogP contribution is -2.28. The number of rotatable bonds is 12. The zero-order valence-electron chi connectivity index (χ0n) is 17.5. The van der Waals surface area contributed by atoms with E-state index < -0.39 is 25.9 Å². The van der Waals surface area contributed by atoms with E-state index in [0.29, 0.717) is 36.1 Å². The largest absolute Gasteiger partial charge is 0.481 e. The van der Waals surface area contributed by atoms with Crippen LogP contribution in [-0.2, 0) is 22.7 Å². The maximum absolute atomic E-state index is 12.0. The summed E-state index contributed by atoms with van der Waals surface area (Å²) in [6, 6.07) is 6.37. The van der Waals surface area contributed by atoms with Crippen molar-refractivity contribution in [1.29, 1.82) is 0 Å². The highest BCUT2D eigenvalue weighted by Gasteiger charge is 2.33. The third-order valence-electron chi connectivity index (χ3n) is 4.71. The second kappa shape index (κ2) is 10.8. The van der Waals surface area contributed by atoms with Crippen molar-refractivity contribution in [3.8, 4) is 0 Å². The minimum absolute atomic E-state index is 0.199. The van der Waals surface area contributed by atoms with Crippen molar-refractivity contribution >= 4 is 25.6 Å². The van der Waals surface area contributed by atoms with Crippen LogP contribution in [0.4, 0.5) is 0 Å². The van der Waals surface area contributed by atoms with Crippen LogP contribution in [0.3, 0.4) is 0 Å². The van der Waals surface area contributed by atoms with Crippen LogP contribution < -0.4 is 0 Å². The molecule has 0 radical (unpaired) electrons. The second-order valence-corrected chi connectivity index (χ2v) is 14.4. The van der Waals surface area contributed by atoms with E-state index in [1.54, 1.807) is 16.8 Å². The van der Waals surface area contributed by atoms with Crippen LogP contribution in [0.2, 0.25) is 30.8 Å². The van der Waals surface area contributed by atoms with Crippen LogP contribution in [0, 0.1) is 5.92 Å². The fraction of sp³-hybridized carbons (Fsp3) is 0.632. The number of ether oxygens (including phenoxy) is 1. The van der Waals surface area contributed by atoms with Gasteiger partial charge in [-0.25, -0.2) is 9.67 Å². The number of hydrogen-bond acceptors (Lipinski definition) is 6. The molecule has 0 unspecified atom stereocenters. The van der Waals surface area contributed by atoms with E-state index in [2.05, 4.69) is 40.2 Å². The van der Waals surface area contributed by atoms with E-state index in [9.17, 15) is 9.90 Å². The molecule has 8 nitrogen and oxygen atoms in total. The Bertz CT molecular complexity index is 796. The molecule has 0 aliphatic heterocycles. The van der Waals surface area contributed by atoms with Crippen LogP contribution in [-0.4, -0.2) is 50.9 Å². The van der Waals surface area contributed by atoms with Gasteiger partial charge in [0, 0.05) is 32.7 Å². The zero-order chi connectivity index (χ0) is 21.4. The van der Waals surface area contributed by atoms with Crippen molar-refractivity contribution in [2.45, 2.75) is 64.5 Å². The number of aromatic nitrogens is 5. The van der Waals surface area contributed by atoms with Gasteiger partial charge in [0.25, 0.3) is 0 Å². The molecule has 160 valence electrons. The van der Waals surface area contributed by atoms with E-state index in [4.69, 9.17) is 16.3 Å². The van der Waals surface area contributed by atoms with Gasteiger partial charge >= 0.3 is 5.97 Å². The topological polar surface area (TPSA) is 103 Å². The molecule has 2 atom stereocenters. The summed E-state index contributed by atoms with van der Waals surface area (Å²) in [6.45, 7) is 9.66. The monoisotopic (exact) mass is 439 g/mol. The van der Waals surface area contributed by atoms with Gasteiger partial charge < -0.3 is 9.84 Å². The van der Waals surface area contributed by atoms with Crippen molar-refractivity contribution in [3.05, 3.63) is 34.9 Å². The molecule has 2 rings (SSSR count). The van der Waals surface area contributed by atoms with Crippen LogP contribution >= 0.6 is 11.6 Å². The molecule has 10 heteroatoms. The lowest BCUT2D eigenvalue weighted by molar-refractivity contribution is -0.143. The summed E-state index contributed by atoms with van der Waals surface area (Å²) in [5.41, 5.74) is 0.707. The highest BCUT2D eigenvalue weighted by Crippen LogP contribution is 2.30. The van der Waals surface area contributed by atoms with Crippen molar-refractivity contribution in [1.82, 2.24) is 25.2 Å². The first-order chi connectivity index (χ1) is 13.7. The maximum Gasteiger partial charge on any atom is 0.307 e. The highest BCUT2D eigenvalue weighted by molar-refractivity contribution is 6.76. The molecule has 0 spiro atoms. The van der Waals surface area contributed by atoms with Gasteiger partial charge in [-0.2, -0.15) is 0 Å². The first kappa shape index (κ1) is 23.4. The van der Waals surface area contributed by atoms with Crippen molar-refractivity contribution in [2.24, 2.45) is 5.92 Å². The molecule has 1 N–H and O–H groups in total. The average Bonchev–Trinajstić information content (AvgIpc) is 3.09. The number of pyridine rings is 1. The lowest BCUT2D eigenvalue weighted by atomic mass is 9.84. The molecule has 0 saturated carbocycles. The molecule has 0 fully saturated rings. The fourth-order valence-electron chi connectivity index (χ4n) is 3.11. The van der Waals surface area contributed by atoms with E-state index in [-0.39, 0.29) is 6.73 Å². The number of carboxylic acids is 1. The SMILES string of the molecule is CCC[C@H](C(=O)O)[C@H](Cc1cccc(Cl)n1)c1nnnn1COCC[Si](C)(C)C. The summed E-state index contributed by atoms with van der Waals surface area (Å²) in [4.78, 5) is 16.3. The molecule has 2 aromatic heterocycles. The Kier molecular flexibility index (Phi) is 8.73. The van der Waals surface area contributed by atoms with E-state index in [1.165, 1.54) is 0 Å². The summed E-state index contributed by atoms with van der Waals surface area (Å²) in [5.74, 6) is -1.43. The molecular formula is C19H30ClN5O3Si. The minimum atomic E-state index is -1.20. The van der Waals surface area contributed by atoms with Crippen LogP contribution in [0.25, 0.3) is 0 Å². The first-order valence-corrected chi connectivity index (χ1v) is 14.0. The lowest BCUT2D eigenvalue weighted by Gasteiger charge is -2.23. The van der Waals surface area contributed by atoms with Gasteiger partial charge in [0.05, 0.1) is 5.92 Å². The van der Waals surface area contributed by atoms with Gasteiger partial charge in [-0.1, -0.05) is 50.7 Å². The molecule has 0 aromatic carbocycles. The minimum Gasteiger partial charge on any atom is -0.481 e. The summed E-state index contributed by atoms with van der Waals surface area (Å²) < 4.78 is 7.35. The number of carbonyl (C=O) groups is 1. The smallest absolute Gasteiger partial charge is 0.307 e. The van der Waals surface area contributed by atoms with Crippen molar-refractivity contribution < 1.29 is 14.6 Å². The van der Waals surface area contributed by atoms with Crippen molar-refractivity contribution in [3.63, 3.8) is 0 Å². The standard InChI is InChI=1S/C19H30ClN5O3Si/c1-5-7-15(19(26)27)16(12-14-8-6-9-17(20)21-14)18-22-23-24-25(18)13-28-10-11-29(2,3)4/h6,8-9,15-16H,5,7,10-13H2,1-4H3,(H,26,27)/t15-,16-/m0/s1. The highest BCUT2D eigenvalue weighted by atomic mass is 35.5. The molecule has 0 aliphatic carbocycles. The second-order valence-electron chi connectivity index (χ2n) is 8.38. The summed E-state index contributed by atoms with van der Waals surface area (Å²) in [5, 5.41) is 22.2. The van der Waals surface area contributed by atoms with Crippen LogP contribution in [0.5, 0.6) is 0 Å². The molecule has 0 bridgehead atoms. The van der Waals surface area contributed by atoms with Gasteiger partial charge in [0.15, 0.2) is 5.82 Å². The number of hydrogen-bond donors (Lipinski definition) is 1. The van der Waals surface area contributed by atoms with Gasteiger partial charge in [0.2, 0.25) is 0 Å². The fourth-order valence-corrected chi connectivity index (χ4v) is 4.05. The Morgan fingerprint density at radius 3 is 2.72 bits per heavy atom. The molecule has 2 aromatic rings. The Morgan fingerprint density at radius 1 is 1.34 bits per heavy atom. The van der Waals surface area contributed by atoms with Gasteiger partial charge in [-0.05, 0) is 35.0 Å². The summed E-state index contributed by atoms with van der Waals surface area (Å²) in [6.07, 6.45) is 1.64. The molecule has 0 saturated heterocycles. The number of tetrazole rings is 1. The molecule has 29 heavy (non-hydrogen) atoms. The predicted octanol–water partition coefficient (Wildman–Crippen LogP) is 3.86. The summed E-state index contributed by atoms with van der Waals surface area (Å²) in [7, 11) is -1.20. The Hall–Kier alpha value is -1.84. The number of halogens is 1. The van der Waals surface area contributed by atoms with E-state index in [1.807, 2.05) is 13.0 Å². The number of carboxylic acid groups (broad SMARTS) is 1. The van der Waals surface area contributed by atoms with E-state index >= 15 is 0 Å². The maximum atomic E-state index is 12.0. The van der Waals surface area contributed by atoms with Crippen LogP contribution in [0.1, 0.15) is 37.2 Å². The summed E-state index contributed by atoms with van der Waals surface area (Å²) >= 11 is 6.02. The molecular weight excluding hydrogens is 410 g/mol. The molecule has 2 heterocycles. The third kappa shape index (κ3) is 7.49.